The molecular formula is C17H15N5OS3. The van der Waals surface area contributed by atoms with Crippen LogP contribution >= 0.6 is 34.4 Å². The van der Waals surface area contributed by atoms with Crippen LogP contribution in [0.25, 0.3) is 10.2 Å². The highest BCUT2D eigenvalue weighted by Crippen LogP contribution is 2.26. The molecule has 26 heavy (non-hydrogen) atoms. The number of anilines is 1. The largest absolute Gasteiger partial charge is 0.309 e. The zero-order valence-corrected chi connectivity index (χ0v) is 16.3. The molecule has 0 unspecified atom stereocenters. The summed E-state index contributed by atoms with van der Waals surface area (Å²) in [7, 11) is 1.93. The van der Waals surface area contributed by atoms with E-state index in [0.29, 0.717) is 5.13 Å². The van der Waals surface area contributed by atoms with Crippen molar-refractivity contribution in [3.8, 4) is 0 Å². The lowest BCUT2D eigenvalue weighted by atomic mass is 10.3. The number of benzene rings is 1. The second-order valence-corrected chi connectivity index (χ2v) is 8.54. The van der Waals surface area contributed by atoms with Crippen LogP contribution in [0.5, 0.6) is 0 Å². The van der Waals surface area contributed by atoms with E-state index in [4.69, 9.17) is 0 Å². The van der Waals surface area contributed by atoms with Crippen LogP contribution in [0.15, 0.2) is 46.9 Å². The van der Waals surface area contributed by atoms with Gasteiger partial charge in [0.1, 0.15) is 5.82 Å². The number of amides is 1. The fraction of sp³-hybridized carbons (Fsp3) is 0.176. The highest BCUT2D eigenvalue weighted by molar-refractivity contribution is 7.99. The van der Waals surface area contributed by atoms with Gasteiger partial charge in [0.25, 0.3) is 0 Å². The Kier molecular flexibility index (Phi) is 5.00. The van der Waals surface area contributed by atoms with Crippen LogP contribution in [0, 0.1) is 0 Å². The molecule has 1 aromatic carbocycles. The Morgan fingerprint density at radius 1 is 1.23 bits per heavy atom. The van der Waals surface area contributed by atoms with Gasteiger partial charge < -0.3 is 9.88 Å². The summed E-state index contributed by atoms with van der Waals surface area (Å²) in [5, 5.41) is 14.7. The van der Waals surface area contributed by atoms with Crippen molar-refractivity contribution in [3.05, 3.63) is 52.5 Å². The summed E-state index contributed by atoms with van der Waals surface area (Å²) in [6.07, 6.45) is 0.750. The van der Waals surface area contributed by atoms with Crippen molar-refractivity contribution in [2.24, 2.45) is 7.05 Å². The molecule has 4 aromatic rings. The average molecular weight is 402 g/mol. The first kappa shape index (κ1) is 17.2. The fourth-order valence-corrected chi connectivity index (χ4v) is 4.72. The maximum atomic E-state index is 12.2. The van der Waals surface area contributed by atoms with Gasteiger partial charge in [-0.25, -0.2) is 4.98 Å². The second kappa shape index (κ2) is 7.56. The van der Waals surface area contributed by atoms with E-state index >= 15 is 0 Å². The van der Waals surface area contributed by atoms with Gasteiger partial charge in [-0.1, -0.05) is 41.3 Å². The van der Waals surface area contributed by atoms with Crippen LogP contribution in [-0.2, 0) is 18.3 Å². The molecule has 0 spiro atoms. The summed E-state index contributed by atoms with van der Waals surface area (Å²) in [6, 6.07) is 11.9. The molecule has 1 amide bonds. The number of thiophene rings is 1. The minimum absolute atomic E-state index is 0.100. The van der Waals surface area contributed by atoms with Gasteiger partial charge in [0.2, 0.25) is 5.91 Å². The Morgan fingerprint density at radius 3 is 2.92 bits per heavy atom. The zero-order chi connectivity index (χ0) is 17.9. The molecule has 6 nitrogen and oxygen atoms in total. The van der Waals surface area contributed by atoms with Crippen molar-refractivity contribution in [3.63, 3.8) is 0 Å². The third-order valence-corrected chi connectivity index (χ3v) is 6.56. The number of hydrogen-bond acceptors (Lipinski definition) is 7. The maximum Gasteiger partial charge on any atom is 0.236 e. The standard InChI is InChI=1S/C17H15N5OS3/c1-22-14(9-11-5-4-8-24-11)20-21-17(22)25-10-15(23)19-16-18-12-6-2-3-7-13(12)26-16/h2-8H,9-10H2,1H3,(H,18,19,23). The smallest absolute Gasteiger partial charge is 0.236 e. The summed E-state index contributed by atoms with van der Waals surface area (Å²) >= 11 is 4.54. The summed E-state index contributed by atoms with van der Waals surface area (Å²) in [4.78, 5) is 17.9. The van der Waals surface area contributed by atoms with Crippen LogP contribution < -0.4 is 5.32 Å². The number of carbonyl (C=O) groups excluding carboxylic acids is 1. The van der Waals surface area contributed by atoms with Crippen LogP contribution in [0.3, 0.4) is 0 Å². The highest BCUT2D eigenvalue weighted by Gasteiger charge is 2.13. The predicted molar refractivity (Wildman–Crippen MR) is 107 cm³/mol. The lowest BCUT2D eigenvalue weighted by Gasteiger charge is -2.03. The number of rotatable bonds is 6. The van der Waals surface area contributed by atoms with Crippen molar-refractivity contribution < 1.29 is 4.79 Å². The zero-order valence-electron chi connectivity index (χ0n) is 13.9. The van der Waals surface area contributed by atoms with Gasteiger partial charge in [0.15, 0.2) is 10.3 Å². The minimum atomic E-state index is -0.100. The molecule has 0 aliphatic heterocycles. The summed E-state index contributed by atoms with van der Waals surface area (Å²) in [5.41, 5.74) is 0.895. The first-order valence-electron chi connectivity index (χ1n) is 7.88. The van der Waals surface area contributed by atoms with Crippen molar-refractivity contribution in [2.45, 2.75) is 11.6 Å². The molecule has 0 radical (unpaired) electrons. The Bertz CT molecular complexity index is 1000. The van der Waals surface area contributed by atoms with Crippen molar-refractivity contribution in [1.29, 1.82) is 0 Å². The fourth-order valence-electron chi connectivity index (χ4n) is 2.40. The second-order valence-electron chi connectivity index (χ2n) is 5.54. The van der Waals surface area contributed by atoms with Crippen molar-refractivity contribution in [2.75, 3.05) is 11.1 Å². The number of fused-ring (bicyclic) bond motifs is 1. The first-order valence-corrected chi connectivity index (χ1v) is 10.6. The van der Waals surface area contributed by atoms with E-state index in [1.54, 1.807) is 11.3 Å². The van der Waals surface area contributed by atoms with Gasteiger partial charge in [-0.15, -0.1) is 21.5 Å². The molecule has 3 aromatic heterocycles. The Balaban J connectivity index is 1.36. The Labute approximate surface area is 162 Å². The maximum absolute atomic E-state index is 12.2. The molecule has 0 saturated heterocycles. The van der Waals surface area contributed by atoms with E-state index in [0.717, 1.165) is 27.6 Å². The molecule has 9 heteroatoms. The average Bonchev–Trinajstić information content (AvgIpc) is 3.35. The monoisotopic (exact) mass is 401 g/mol. The molecule has 0 bridgehead atoms. The van der Waals surface area contributed by atoms with E-state index in [1.807, 2.05) is 47.3 Å². The molecule has 0 fully saturated rings. The number of para-hydroxylation sites is 1. The van der Waals surface area contributed by atoms with Gasteiger partial charge >= 0.3 is 0 Å². The van der Waals surface area contributed by atoms with E-state index in [1.165, 1.54) is 28.0 Å². The number of nitrogens with zero attached hydrogens (tertiary/aromatic N) is 4. The number of thiazole rings is 1. The molecule has 132 valence electrons. The molecule has 0 atom stereocenters. The van der Waals surface area contributed by atoms with Crippen molar-refractivity contribution in [1.82, 2.24) is 19.7 Å². The van der Waals surface area contributed by atoms with Gasteiger partial charge in [-0.2, -0.15) is 0 Å². The molecule has 3 heterocycles. The van der Waals surface area contributed by atoms with Crippen LogP contribution in [0.1, 0.15) is 10.7 Å². The lowest BCUT2D eigenvalue weighted by molar-refractivity contribution is -0.113. The molecule has 0 saturated carbocycles. The highest BCUT2D eigenvalue weighted by atomic mass is 32.2. The number of aromatic nitrogens is 4. The van der Waals surface area contributed by atoms with E-state index < -0.39 is 0 Å². The summed E-state index contributed by atoms with van der Waals surface area (Å²) in [5.74, 6) is 1.05. The number of nitrogens with one attached hydrogen (secondary N) is 1. The number of carbonyl (C=O) groups is 1. The van der Waals surface area contributed by atoms with E-state index in [-0.39, 0.29) is 11.7 Å². The molecule has 1 N–H and O–H groups in total. The normalized spacial score (nSPS) is 11.1. The third kappa shape index (κ3) is 3.79. The third-order valence-electron chi connectivity index (χ3n) is 3.71. The van der Waals surface area contributed by atoms with Gasteiger partial charge in [-0.3, -0.25) is 4.79 Å². The van der Waals surface area contributed by atoms with Gasteiger partial charge in [0.05, 0.1) is 16.0 Å². The lowest BCUT2D eigenvalue weighted by Crippen LogP contribution is -2.14. The molecule has 4 rings (SSSR count). The summed E-state index contributed by atoms with van der Waals surface area (Å²) in [6.45, 7) is 0. The SMILES string of the molecule is Cn1c(Cc2cccs2)nnc1SCC(=O)Nc1nc2ccccc2s1. The molecular weight excluding hydrogens is 386 g/mol. The van der Waals surface area contributed by atoms with Crippen molar-refractivity contribution >= 4 is 55.7 Å². The molecule has 0 aliphatic carbocycles. The topological polar surface area (TPSA) is 72.7 Å². The van der Waals surface area contributed by atoms with Crippen LogP contribution in [-0.4, -0.2) is 31.4 Å². The van der Waals surface area contributed by atoms with Crippen LogP contribution in [0.2, 0.25) is 0 Å². The van der Waals surface area contributed by atoms with E-state index in [9.17, 15) is 4.79 Å². The Morgan fingerprint density at radius 2 is 2.12 bits per heavy atom. The van der Waals surface area contributed by atoms with Crippen LogP contribution in [0.4, 0.5) is 5.13 Å². The Hall–Kier alpha value is -2.23. The molecule has 0 aliphatic rings. The minimum Gasteiger partial charge on any atom is -0.309 e. The van der Waals surface area contributed by atoms with E-state index in [2.05, 4.69) is 26.6 Å². The van der Waals surface area contributed by atoms with Gasteiger partial charge in [0, 0.05) is 18.3 Å². The summed E-state index contributed by atoms with van der Waals surface area (Å²) < 4.78 is 3.00. The quantitative estimate of drug-likeness (QED) is 0.498. The first-order chi connectivity index (χ1) is 12.7. The van der Waals surface area contributed by atoms with Gasteiger partial charge in [-0.05, 0) is 23.6 Å². The number of thioether (sulfide) groups is 1. The predicted octanol–water partition coefficient (Wildman–Crippen LogP) is 3.81. The number of hydrogen-bond donors (Lipinski definition) is 1.